The fourth-order valence-electron chi connectivity index (χ4n) is 1.66. The quantitative estimate of drug-likeness (QED) is 0.825. The lowest BCUT2D eigenvalue weighted by atomic mass is 10.2. The van der Waals surface area contributed by atoms with Crippen LogP contribution in [0.1, 0.15) is 34.4 Å². The van der Waals surface area contributed by atoms with E-state index in [1.54, 1.807) is 23.5 Å². The summed E-state index contributed by atoms with van der Waals surface area (Å²) in [5.41, 5.74) is 2.58. The van der Waals surface area contributed by atoms with Crippen molar-refractivity contribution in [2.75, 3.05) is 11.9 Å². The number of benzene rings is 1. The highest BCUT2D eigenvalue weighted by Gasteiger charge is 2.06. The first-order valence-corrected chi connectivity index (χ1v) is 7.49. The SMILES string of the molecule is CCCOC(=O)c1ccc(NCc2nc(C)cs2)cc1. The van der Waals surface area contributed by atoms with Gasteiger partial charge in [0.15, 0.2) is 0 Å². The van der Waals surface area contributed by atoms with Crippen LogP contribution in [0.25, 0.3) is 0 Å². The van der Waals surface area contributed by atoms with Crippen LogP contribution in [0.5, 0.6) is 0 Å². The molecule has 1 N–H and O–H groups in total. The van der Waals surface area contributed by atoms with Crippen LogP contribution in [-0.4, -0.2) is 17.6 Å². The number of aromatic nitrogens is 1. The van der Waals surface area contributed by atoms with Crippen LogP contribution in [0.2, 0.25) is 0 Å². The molecule has 0 aliphatic heterocycles. The van der Waals surface area contributed by atoms with Crippen molar-refractivity contribution < 1.29 is 9.53 Å². The third-order valence-corrected chi connectivity index (χ3v) is 3.63. The summed E-state index contributed by atoms with van der Waals surface area (Å²) in [7, 11) is 0. The molecule has 0 bridgehead atoms. The van der Waals surface area contributed by atoms with Gasteiger partial charge in [0.25, 0.3) is 0 Å². The van der Waals surface area contributed by atoms with E-state index in [-0.39, 0.29) is 5.97 Å². The molecule has 4 nitrogen and oxygen atoms in total. The Morgan fingerprint density at radius 2 is 2.10 bits per heavy atom. The topological polar surface area (TPSA) is 51.2 Å². The van der Waals surface area contributed by atoms with Crippen LogP contribution < -0.4 is 5.32 Å². The summed E-state index contributed by atoms with van der Waals surface area (Å²) in [5, 5.41) is 6.36. The average molecular weight is 290 g/mol. The average Bonchev–Trinajstić information content (AvgIpc) is 2.89. The van der Waals surface area contributed by atoms with Crippen molar-refractivity contribution in [3.05, 3.63) is 45.9 Å². The number of nitrogens with one attached hydrogen (secondary N) is 1. The summed E-state index contributed by atoms with van der Waals surface area (Å²) >= 11 is 1.64. The molecule has 5 heteroatoms. The lowest BCUT2D eigenvalue weighted by Gasteiger charge is -2.06. The third kappa shape index (κ3) is 4.06. The number of thiazole rings is 1. The van der Waals surface area contributed by atoms with E-state index in [0.29, 0.717) is 18.7 Å². The molecule has 1 heterocycles. The number of aryl methyl sites for hydroxylation is 1. The van der Waals surface area contributed by atoms with Gasteiger partial charge in [-0.15, -0.1) is 11.3 Å². The van der Waals surface area contributed by atoms with Gasteiger partial charge >= 0.3 is 5.97 Å². The predicted octanol–water partition coefficient (Wildman–Crippen LogP) is 3.63. The van der Waals surface area contributed by atoms with Crippen molar-refractivity contribution >= 4 is 23.0 Å². The minimum absolute atomic E-state index is 0.269. The summed E-state index contributed by atoms with van der Waals surface area (Å²) in [6.07, 6.45) is 0.832. The number of hydrogen-bond donors (Lipinski definition) is 1. The van der Waals surface area contributed by atoms with Crippen LogP contribution >= 0.6 is 11.3 Å². The van der Waals surface area contributed by atoms with Gasteiger partial charge in [-0.05, 0) is 37.6 Å². The molecule has 0 aliphatic carbocycles. The molecule has 1 aromatic carbocycles. The van der Waals surface area contributed by atoms with Crippen LogP contribution in [0.4, 0.5) is 5.69 Å². The second-order valence-corrected chi connectivity index (χ2v) is 5.39. The summed E-state index contributed by atoms with van der Waals surface area (Å²) in [6, 6.07) is 7.30. The maximum absolute atomic E-state index is 11.6. The largest absolute Gasteiger partial charge is 0.462 e. The Morgan fingerprint density at radius 3 is 2.70 bits per heavy atom. The van der Waals surface area contributed by atoms with E-state index in [1.165, 1.54) is 0 Å². The van der Waals surface area contributed by atoms with Gasteiger partial charge in [-0.2, -0.15) is 0 Å². The number of esters is 1. The Bertz CT molecular complexity index is 564. The van der Waals surface area contributed by atoms with Gasteiger partial charge in [-0.3, -0.25) is 0 Å². The first kappa shape index (κ1) is 14.5. The van der Waals surface area contributed by atoms with Gasteiger partial charge in [0.05, 0.1) is 18.7 Å². The molecule has 0 saturated heterocycles. The fourth-order valence-corrected chi connectivity index (χ4v) is 2.38. The van der Waals surface area contributed by atoms with Gasteiger partial charge in [-0.1, -0.05) is 6.92 Å². The molecule has 2 rings (SSSR count). The van der Waals surface area contributed by atoms with Gasteiger partial charge in [-0.25, -0.2) is 9.78 Å². The zero-order chi connectivity index (χ0) is 14.4. The first-order valence-electron chi connectivity index (χ1n) is 6.61. The third-order valence-electron chi connectivity index (χ3n) is 2.67. The lowest BCUT2D eigenvalue weighted by Crippen LogP contribution is -2.06. The minimum atomic E-state index is -0.269. The second kappa shape index (κ2) is 7.05. The maximum Gasteiger partial charge on any atom is 0.338 e. The number of carbonyl (C=O) groups is 1. The lowest BCUT2D eigenvalue weighted by molar-refractivity contribution is 0.0505. The second-order valence-electron chi connectivity index (χ2n) is 4.45. The molecule has 0 radical (unpaired) electrons. The van der Waals surface area contributed by atoms with Crippen molar-refractivity contribution in [3.63, 3.8) is 0 Å². The van der Waals surface area contributed by atoms with Crippen LogP contribution in [0, 0.1) is 6.92 Å². The number of anilines is 1. The Hall–Kier alpha value is -1.88. The Morgan fingerprint density at radius 1 is 1.35 bits per heavy atom. The van der Waals surface area contributed by atoms with E-state index in [1.807, 2.05) is 31.4 Å². The highest BCUT2D eigenvalue weighted by atomic mass is 32.1. The van der Waals surface area contributed by atoms with Crippen molar-refractivity contribution in [2.45, 2.75) is 26.8 Å². The van der Waals surface area contributed by atoms with Gasteiger partial charge in [0.2, 0.25) is 0 Å². The van der Waals surface area contributed by atoms with Crippen LogP contribution in [-0.2, 0) is 11.3 Å². The molecule has 20 heavy (non-hydrogen) atoms. The molecule has 1 aromatic heterocycles. The van der Waals surface area contributed by atoms with E-state index >= 15 is 0 Å². The number of hydrogen-bond acceptors (Lipinski definition) is 5. The highest BCUT2D eigenvalue weighted by Crippen LogP contribution is 2.14. The fraction of sp³-hybridized carbons (Fsp3) is 0.333. The zero-order valence-corrected chi connectivity index (χ0v) is 12.5. The maximum atomic E-state index is 11.6. The summed E-state index contributed by atoms with van der Waals surface area (Å²) in [4.78, 5) is 16.0. The molecule has 0 unspecified atom stereocenters. The number of carbonyl (C=O) groups excluding carboxylic acids is 1. The van der Waals surface area contributed by atoms with Crippen molar-refractivity contribution in [2.24, 2.45) is 0 Å². The van der Waals surface area contributed by atoms with E-state index in [0.717, 1.165) is 22.8 Å². The van der Waals surface area contributed by atoms with Crippen molar-refractivity contribution in [1.29, 1.82) is 0 Å². The molecular weight excluding hydrogens is 272 g/mol. The number of rotatable bonds is 6. The van der Waals surface area contributed by atoms with Crippen molar-refractivity contribution in [3.8, 4) is 0 Å². The highest BCUT2D eigenvalue weighted by molar-refractivity contribution is 7.09. The minimum Gasteiger partial charge on any atom is -0.462 e. The molecule has 0 spiro atoms. The Kier molecular flexibility index (Phi) is 5.12. The van der Waals surface area contributed by atoms with Crippen LogP contribution in [0.15, 0.2) is 29.6 Å². The van der Waals surface area contributed by atoms with Crippen molar-refractivity contribution in [1.82, 2.24) is 4.98 Å². The summed E-state index contributed by atoms with van der Waals surface area (Å²) in [6.45, 7) is 5.11. The van der Waals surface area contributed by atoms with Gasteiger partial charge in [0, 0.05) is 16.8 Å². The monoisotopic (exact) mass is 290 g/mol. The molecular formula is C15H18N2O2S. The van der Waals surface area contributed by atoms with Gasteiger partial charge < -0.3 is 10.1 Å². The first-order chi connectivity index (χ1) is 9.69. The van der Waals surface area contributed by atoms with Crippen LogP contribution in [0.3, 0.4) is 0 Å². The molecule has 0 amide bonds. The molecule has 106 valence electrons. The smallest absolute Gasteiger partial charge is 0.338 e. The summed E-state index contributed by atoms with van der Waals surface area (Å²) < 4.78 is 5.08. The normalized spacial score (nSPS) is 10.3. The predicted molar refractivity (Wildman–Crippen MR) is 81.2 cm³/mol. The number of nitrogens with zero attached hydrogens (tertiary/aromatic N) is 1. The number of ether oxygens (including phenoxy) is 1. The standard InChI is InChI=1S/C15H18N2O2S/c1-3-8-19-15(18)12-4-6-13(7-5-12)16-9-14-17-11(2)10-20-14/h4-7,10,16H,3,8-9H2,1-2H3. The molecule has 0 atom stereocenters. The Labute approximate surface area is 122 Å². The van der Waals surface area contributed by atoms with E-state index < -0.39 is 0 Å². The van der Waals surface area contributed by atoms with E-state index in [4.69, 9.17) is 4.74 Å². The zero-order valence-electron chi connectivity index (χ0n) is 11.7. The van der Waals surface area contributed by atoms with E-state index in [2.05, 4.69) is 10.3 Å². The van der Waals surface area contributed by atoms with Gasteiger partial charge in [0.1, 0.15) is 5.01 Å². The summed E-state index contributed by atoms with van der Waals surface area (Å²) in [5.74, 6) is -0.269. The molecule has 2 aromatic rings. The molecule has 0 fully saturated rings. The Balaban J connectivity index is 1.89. The molecule has 0 aliphatic rings. The van der Waals surface area contributed by atoms with E-state index in [9.17, 15) is 4.79 Å². The molecule has 0 saturated carbocycles.